The molecule has 1 saturated heterocycles. The number of amides is 3. The second-order valence-corrected chi connectivity index (χ2v) is 7.54. The van der Waals surface area contributed by atoms with E-state index >= 15 is 0 Å². The molecule has 0 spiro atoms. The second kappa shape index (κ2) is 8.93. The standard InChI is InChI=1S/C23H15F6N3O3/c1-12-21(33)32(17-9-16(24)20(19(26)18(17)25)35-23(27,28)29)22(34)31(12)11-14-7-8-30-10-15(14)13-5-3-2-4-6-13/h2-10,12H,11H2,1H3. The zero-order chi connectivity index (χ0) is 25.5. The van der Waals surface area contributed by atoms with Gasteiger partial charge in [0.05, 0.1) is 5.69 Å². The van der Waals surface area contributed by atoms with Crippen molar-refractivity contribution in [1.82, 2.24) is 9.88 Å². The maximum absolute atomic E-state index is 14.6. The van der Waals surface area contributed by atoms with Crippen LogP contribution in [-0.4, -0.2) is 34.2 Å². The first-order valence-corrected chi connectivity index (χ1v) is 10.1. The predicted octanol–water partition coefficient (Wildman–Crippen LogP) is 5.42. The zero-order valence-electron chi connectivity index (χ0n) is 17.8. The topological polar surface area (TPSA) is 62.7 Å². The highest BCUT2D eigenvalue weighted by Gasteiger charge is 2.46. The number of nitrogens with zero attached hydrogens (tertiary/aromatic N) is 3. The average molecular weight is 495 g/mol. The Labute approximate surface area is 194 Å². The van der Waals surface area contributed by atoms with Crippen LogP contribution >= 0.6 is 0 Å². The van der Waals surface area contributed by atoms with Crippen molar-refractivity contribution in [3.63, 3.8) is 0 Å². The fourth-order valence-corrected chi connectivity index (χ4v) is 3.70. The number of anilines is 1. The Balaban J connectivity index is 1.69. The van der Waals surface area contributed by atoms with E-state index in [-0.39, 0.29) is 17.5 Å². The van der Waals surface area contributed by atoms with E-state index in [1.807, 2.05) is 0 Å². The predicted molar refractivity (Wildman–Crippen MR) is 111 cm³/mol. The third-order valence-corrected chi connectivity index (χ3v) is 5.38. The van der Waals surface area contributed by atoms with Gasteiger partial charge in [0.15, 0.2) is 11.6 Å². The van der Waals surface area contributed by atoms with Gasteiger partial charge in [-0.15, -0.1) is 13.2 Å². The minimum absolute atomic E-state index is 0.105. The highest BCUT2D eigenvalue weighted by Crippen LogP contribution is 2.37. The van der Waals surface area contributed by atoms with Crippen molar-refractivity contribution < 1.29 is 40.7 Å². The first-order valence-electron chi connectivity index (χ1n) is 10.1. The van der Waals surface area contributed by atoms with Gasteiger partial charge >= 0.3 is 12.4 Å². The van der Waals surface area contributed by atoms with Gasteiger partial charge in [0.1, 0.15) is 6.04 Å². The number of hydrogen-bond donors (Lipinski definition) is 0. The first kappa shape index (κ1) is 24.0. The maximum atomic E-state index is 14.6. The quantitative estimate of drug-likeness (QED) is 0.269. The lowest BCUT2D eigenvalue weighted by Crippen LogP contribution is -2.34. The number of aromatic nitrogens is 1. The van der Waals surface area contributed by atoms with Gasteiger partial charge in [-0.25, -0.2) is 18.5 Å². The number of benzene rings is 2. The summed E-state index contributed by atoms with van der Waals surface area (Å²) < 4.78 is 83.5. The van der Waals surface area contributed by atoms with Crippen LogP contribution in [0.25, 0.3) is 11.1 Å². The molecule has 1 atom stereocenters. The molecule has 6 nitrogen and oxygen atoms in total. The Morgan fingerprint density at radius 3 is 2.37 bits per heavy atom. The highest BCUT2D eigenvalue weighted by atomic mass is 19.4. The van der Waals surface area contributed by atoms with Crippen molar-refractivity contribution in [1.29, 1.82) is 0 Å². The molecule has 2 heterocycles. The molecular weight excluding hydrogens is 480 g/mol. The lowest BCUT2D eigenvalue weighted by Gasteiger charge is -2.21. The number of ether oxygens (including phenoxy) is 1. The van der Waals surface area contributed by atoms with E-state index in [4.69, 9.17) is 0 Å². The summed E-state index contributed by atoms with van der Waals surface area (Å²) >= 11 is 0. The normalized spacial score (nSPS) is 16.3. The molecule has 182 valence electrons. The lowest BCUT2D eigenvalue weighted by molar-refractivity contribution is -0.276. The van der Waals surface area contributed by atoms with Crippen LogP contribution in [0.5, 0.6) is 5.75 Å². The van der Waals surface area contributed by atoms with E-state index in [1.165, 1.54) is 13.1 Å². The summed E-state index contributed by atoms with van der Waals surface area (Å²) in [5.41, 5.74) is 0.828. The average Bonchev–Trinajstić information content (AvgIpc) is 3.02. The van der Waals surface area contributed by atoms with Crippen LogP contribution in [-0.2, 0) is 11.3 Å². The molecule has 1 aliphatic heterocycles. The van der Waals surface area contributed by atoms with Crippen molar-refractivity contribution in [3.8, 4) is 16.9 Å². The smallest absolute Gasteiger partial charge is 0.399 e. The summed E-state index contributed by atoms with van der Waals surface area (Å²) in [6, 6.07) is 8.43. The molecule has 1 aromatic heterocycles. The minimum Gasteiger partial charge on any atom is -0.399 e. The number of imide groups is 1. The van der Waals surface area contributed by atoms with Crippen molar-refractivity contribution >= 4 is 17.6 Å². The summed E-state index contributed by atoms with van der Waals surface area (Å²) in [5, 5.41) is 0. The number of halogens is 6. The Kier molecular flexibility index (Phi) is 6.14. The highest BCUT2D eigenvalue weighted by molar-refractivity contribution is 6.21. The van der Waals surface area contributed by atoms with Crippen molar-refractivity contribution in [2.75, 3.05) is 4.90 Å². The van der Waals surface area contributed by atoms with Crippen LogP contribution in [0.15, 0.2) is 54.9 Å². The van der Waals surface area contributed by atoms with E-state index in [0.29, 0.717) is 11.1 Å². The third-order valence-electron chi connectivity index (χ3n) is 5.38. The van der Waals surface area contributed by atoms with Crippen LogP contribution in [0.2, 0.25) is 0 Å². The number of urea groups is 1. The fourth-order valence-electron chi connectivity index (χ4n) is 3.70. The Hall–Kier alpha value is -4.09. The molecule has 2 aromatic carbocycles. The molecule has 1 fully saturated rings. The van der Waals surface area contributed by atoms with Gasteiger partial charge in [-0.05, 0) is 24.1 Å². The molecule has 1 unspecified atom stereocenters. The second-order valence-electron chi connectivity index (χ2n) is 7.54. The number of hydrogen-bond acceptors (Lipinski definition) is 4. The number of carbonyl (C=O) groups is 2. The summed E-state index contributed by atoms with van der Waals surface area (Å²) in [5.74, 6) is -9.37. The van der Waals surface area contributed by atoms with Crippen LogP contribution in [0, 0.1) is 17.5 Å². The van der Waals surface area contributed by atoms with Crippen molar-refractivity contribution in [3.05, 3.63) is 77.9 Å². The lowest BCUT2D eigenvalue weighted by atomic mass is 10.0. The molecular formula is C23H15F6N3O3. The molecule has 35 heavy (non-hydrogen) atoms. The van der Waals surface area contributed by atoms with Gasteiger partial charge in [-0.3, -0.25) is 9.78 Å². The molecule has 1 aliphatic rings. The van der Waals surface area contributed by atoms with Crippen molar-refractivity contribution in [2.45, 2.75) is 25.9 Å². The minimum atomic E-state index is -5.50. The third kappa shape index (κ3) is 4.51. The summed E-state index contributed by atoms with van der Waals surface area (Å²) in [4.78, 5) is 31.1. The van der Waals surface area contributed by atoms with Gasteiger partial charge in [0.2, 0.25) is 11.6 Å². The summed E-state index contributed by atoms with van der Waals surface area (Å²) in [6.45, 7) is 1.19. The van der Waals surface area contributed by atoms with Crippen LogP contribution in [0.4, 0.5) is 36.8 Å². The molecule has 0 saturated carbocycles. The Bertz CT molecular complexity index is 1300. The SMILES string of the molecule is CC1C(=O)N(c2cc(F)c(OC(F)(F)F)c(F)c2F)C(=O)N1Cc1ccncc1-c1ccccc1. The van der Waals surface area contributed by atoms with Gasteiger partial charge < -0.3 is 9.64 Å². The van der Waals surface area contributed by atoms with E-state index in [1.54, 1.807) is 42.6 Å². The largest absolute Gasteiger partial charge is 0.573 e. The summed E-state index contributed by atoms with van der Waals surface area (Å²) in [6.07, 6.45) is -2.48. The molecule has 0 radical (unpaired) electrons. The molecule has 3 aromatic rings. The fraction of sp³-hybridized carbons (Fsp3) is 0.174. The van der Waals surface area contributed by atoms with E-state index in [2.05, 4.69) is 9.72 Å². The van der Waals surface area contributed by atoms with Crippen LogP contribution < -0.4 is 9.64 Å². The number of rotatable bonds is 5. The maximum Gasteiger partial charge on any atom is 0.573 e. The molecule has 0 bridgehead atoms. The van der Waals surface area contributed by atoms with E-state index in [9.17, 15) is 35.9 Å². The van der Waals surface area contributed by atoms with Gasteiger partial charge in [-0.2, -0.15) is 4.39 Å². The van der Waals surface area contributed by atoms with Crippen molar-refractivity contribution in [2.24, 2.45) is 0 Å². The molecule has 12 heteroatoms. The van der Waals surface area contributed by atoms with Gasteiger partial charge in [0.25, 0.3) is 5.91 Å². The van der Waals surface area contributed by atoms with E-state index in [0.717, 1.165) is 10.5 Å². The molecule has 0 aliphatic carbocycles. The Morgan fingerprint density at radius 1 is 1.03 bits per heavy atom. The summed E-state index contributed by atoms with van der Waals surface area (Å²) in [7, 11) is 0. The van der Waals surface area contributed by atoms with Gasteiger partial charge in [-0.1, -0.05) is 30.3 Å². The number of pyridine rings is 1. The van der Waals surface area contributed by atoms with Gasteiger partial charge in [0, 0.05) is 30.6 Å². The van der Waals surface area contributed by atoms with Crippen LogP contribution in [0.3, 0.4) is 0 Å². The van der Waals surface area contributed by atoms with E-state index < -0.39 is 53.2 Å². The van der Waals surface area contributed by atoms with Crippen LogP contribution in [0.1, 0.15) is 12.5 Å². The first-order chi connectivity index (χ1) is 16.5. The zero-order valence-corrected chi connectivity index (χ0v) is 17.8. The Morgan fingerprint density at radius 2 is 1.71 bits per heavy atom. The molecule has 3 amide bonds. The molecule has 0 N–H and O–H groups in total. The molecule has 4 rings (SSSR count). The number of carbonyl (C=O) groups excluding carboxylic acids is 2. The number of alkyl halides is 3. The monoisotopic (exact) mass is 495 g/mol.